The number of carbonyl (C=O) groups excluding carboxylic acids is 2. The highest BCUT2D eigenvalue weighted by Gasteiger charge is 2.18. The summed E-state index contributed by atoms with van der Waals surface area (Å²) >= 11 is 0. The number of aryl methyl sites for hydroxylation is 1. The van der Waals surface area contributed by atoms with Crippen LogP contribution in [0.1, 0.15) is 36.7 Å². The van der Waals surface area contributed by atoms with Gasteiger partial charge in [0.1, 0.15) is 6.04 Å². The molecular formula is C14H21N3O2. The molecule has 5 heteroatoms. The average molecular weight is 263 g/mol. The molecule has 0 fully saturated rings. The molecule has 0 saturated carbocycles. The van der Waals surface area contributed by atoms with E-state index in [1.165, 1.54) is 0 Å². The third-order valence-corrected chi connectivity index (χ3v) is 2.62. The Morgan fingerprint density at radius 2 is 1.79 bits per heavy atom. The number of amides is 2. The molecule has 1 atom stereocenters. The molecule has 2 amide bonds. The van der Waals surface area contributed by atoms with Crippen LogP contribution in [0.15, 0.2) is 18.2 Å². The zero-order valence-electron chi connectivity index (χ0n) is 11.8. The SMILES string of the molecule is Cc1ccc(C(=O)NC(C)C(=O)NC(C)C)c(N)c1. The van der Waals surface area contributed by atoms with Crippen molar-refractivity contribution in [3.63, 3.8) is 0 Å². The van der Waals surface area contributed by atoms with E-state index in [9.17, 15) is 9.59 Å². The first-order valence-corrected chi connectivity index (χ1v) is 6.28. The van der Waals surface area contributed by atoms with Crippen LogP contribution in [0.4, 0.5) is 5.69 Å². The highest BCUT2D eigenvalue weighted by molar-refractivity contribution is 6.01. The summed E-state index contributed by atoms with van der Waals surface area (Å²) in [5.41, 5.74) is 7.57. The molecule has 1 unspecified atom stereocenters. The molecule has 104 valence electrons. The topological polar surface area (TPSA) is 84.2 Å². The van der Waals surface area contributed by atoms with Gasteiger partial charge in [-0.1, -0.05) is 6.07 Å². The molecule has 19 heavy (non-hydrogen) atoms. The number of anilines is 1. The van der Waals surface area contributed by atoms with Gasteiger partial charge in [-0.05, 0) is 45.4 Å². The van der Waals surface area contributed by atoms with E-state index in [0.717, 1.165) is 5.56 Å². The van der Waals surface area contributed by atoms with Crippen molar-refractivity contribution < 1.29 is 9.59 Å². The Hall–Kier alpha value is -2.04. The smallest absolute Gasteiger partial charge is 0.254 e. The number of hydrogen-bond acceptors (Lipinski definition) is 3. The number of hydrogen-bond donors (Lipinski definition) is 3. The number of carbonyl (C=O) groups is 2. The van der Waals surface area contributed by atoms with Gasteiger partial charge in [0.25, 0.3) is 5.91 Å². The first-order chi connectivity index (χ1) is 8.81. The van der Waals surface area contributed by atoms with Crippen molar-refractivity contribution in [1.29, 1.82) is 0 Å². The van der Waals surface area contributed by atoms with Crippen molar-refractivity contribution in [3.05, 3.63) is 29.3 Å². The number of nitrogens with two attached hydrogens (primary N) is 1. The van der Waals surface area contributed by atoms with Crippen LogP contribution in [0.2, 0.25) is 0 Å². The van der Waals surface area contributed by atoms with Crippen molar-refractivity contribution in [1.82, 2.24) is 10.6 Å². The lowest BCUT2D eigenvalue weighted by molar-refractivity contribution is -0.123. The average Bonchev–Trinajstić information content (AvgIpc) is 2.27. The molecule has 0 spiro atoms. The highest BCUT2D eigenvalue weighted by atomic mass is 16.2. The third kappa shape index (κ3) is 4.28. The van der Waals surface area contributed by atoms with Gasteiger partial charge < -0.3 is 16.4 Å². The molecule has 1 aromatic rings. The lowest BCUT2D eigenvalue weighted by Crippen LogP contribution is -2.46. The predicted octanol–water partition coefficient (Wildman–Crippen LogP) is 1.22. The maximum atomic E-state index is 12.0. The maximum Gasteiger partial charge on any atom is 0.254 e. The van der Waals surface area contributed by atoms with Crippen LogP contribution in [0, 0.1) is 6.92 Å². The second-order valence-corrected chi connectivity index (χ2v) is 4.95. The molecule has 5 nitrogen and oxygen atoms in total. The van der Waals surface area contributed by atoms with Gasteiger partial charge in [0.05, 0.1) is 5.56 Å². The van der Waals surface area contributed by atoms with Gasteiger partial charge in [0, 0.05) is 11.7 Å². The van der Waals surface area contributed by atoms with Crippen LogP contribution in [0.3, 0.4) is 0 Å². The van der Waals surface area contributed by atoms with E-state index in [1.54, 1.807) is 19.1 Å². The van der Waals surface area contributed by atoms with Crippen LogP contribution < -0.4 is 16.4 Å². The standard InChI is InChI=1S/C14H21N3O2/c1-8(2)16-13(18)10(4)17-14(19)11-6-5-9(3)7-12(11)15/h5-8,10H,15H2,1-4H3,(H,16,18)(H,17,19). The number of nitrogen functional groups attached to an aromatic ring is 1. The first-order valence-electron chi connectivity index (χ1n) is 6.28. The molecule has 0 bridgehead atoms. The molecule has 0 aromatic heterocycles. The van der Waals surface area contributed by atoms with Crippen molar-refractivity contribution in [2.24, 2.45) is 0 Å². The zero-order chi connectivity index (χ0) is 14.6. The summed E-state index contributed by atoms with van der Waals surface area (Å²) in [5, 5.41) is 5.37. The maximum absolute atomic E-state index is 12.0. The summed E-state index contributed by atoms with van der Waals surface area (Å²) in [4.78, 5) is 23.7. The summed E-state index contributed by atoms with van der Waals surface area (Å²) in [6, 6.07) is 4.64. The second kappa shape index (κ2) is 6.22. The van der Waals surface area contributed by atoms with E-state index in [1.807, 2.05) is 26.8 Å². The third-order valence-electron chi connectivity index (χ3n) is 2.62. The van der Waals surface area contributed by atoms with Crippen LogP contribution in [0.25, 0.3) is 0 Å². The minimum atomic E-state index is -0.601. The lowest BCUT2D eigenvalue weighted by atomic mass is 10.1. The number of nitrogens with one attached hydrogen (secondary N) is 2. The zero-order valence-corrected chi connectivity index (χ0v) is 11.8. The molecule has 0 heterocycles. The Kier molecular flexibility index (Phi) is 4.92. The summed E-state index contributed by atoms with van der Waals surface area (Å²) in [7, 11) is 0. The Bertz CT molecular complexity index is 484. The largest absolute Gasteiger partial charge is 0.398 e. The molecule has 0 saturated heterocycles. The van der Waals surface area contributed by atoms with Crippen molar-refractivity contribution >= 4 is 17.5 Å². The molecule has 1 aromatic carbocycles. The molecule has 0 aliphatic rings. The van der Waals surface area contributed by atoms with Crippen LogP contribution in [-0.4, -0.2) is 23.9 Å². The van der Waals surface area contributed by atoms with E-state index in [4.69, 9.17) is 5.73 Å². The normalized spacial score (nSPS) is 12.1. The van der Waals surface area contributed by atoms with Gasteiger partial charge in [-0.25, -0.2) is 0 Å². The summed E-state index contributed by atoms with van der Waals surface area (Å²) < 4.78 is 0. The summed E-state index contributed by atoms with van der Waals surface area (Å²) in [5.74, 6) is -0.557. The molecule has 0 aliphatic carbocycles. The van der Waals surface area contributed by atoms with Crippen LogP contribution in [-0.2, 0) is 4.79 Å². The Balaban J connectivity index is 2.71. The molecule has 0 aliphatic heterocycles. The number of rotatable bonds is 4. The van der Waals surface area contributed by atoms with Gasteiger partial charge in [0.15, 0.2) is 0 Å². The Labute approximate surface area is 113 Å². The van der Waals surface area contributed by atoms with Gasteiger partial charge >= 0.3 is 0 Å². The van der Waals surface area contributed by atoms with Gasteiger partial charge in [-0.15, -0.1) is 0 Å². The second-order valence-electron chi connectivity index (χ2n) is 4.95. The summed E-state index contributed by atoms with van der Waals surface area (Å²) in [6.07, 6.45) is 0. The van der Waals surface area contributed by atoms with E-state index < -0.39 is 6.04 Å². The minimum absolute atomic E-state index is 0.0382. The summed E-state index contributed by atoms with van der Waals surface area (Å²) in [6.45, 7) is 7.27. The quantitative estimate of drug-likeness (QED) is 0.714. The fourth-order valence-electron chi connectivity index (χ4n) is 1.64. The fraction of sp³-hybridized carbons (Fsp3) is 0.429. The minimum Gasteiger partial charge on any atom is -0.398 e. The van der Waals surface area contributed by atoms with Crippen molar-refractivity contribution in [3.8, 4) is 0 Å². The van der Waals surface area contributed by atoms with E-state index in [0.29, 0.717) is 11.3 Å². The Morgan fingerprint density at radius 1 is 1.16 bits per heavy atom. The van der Waals surface area contributed by atoms with Gasteiger partial charge in [0.2, 0.25) is 5.91 Å². The van der Waals surface area contributed by atoms with Crippen LogP contribution in [0.5, 0.6) is 0 Å². The predicted molar refractivity (Wildman–Crippen MR) is 75.8 cm³/mol. The van der Waals surface area contributed by atoms with Crippen molar-refractivity contribution in [2.45, 2.75) is 39.8 Å². The first kappa shape index (κ1) is 15.0. The molecule has 0 radical (unpaired) electrons. The van der Waals surface area contributed by atoms with E-state index in [2.05, 4.69) is 10.6 Å². The van der Waals surface area contributed by atoms with E-state index in [-0.39, 0.29) is 17.9 Å². The number of benzene rings is 1. The van der Waals surface area contributed by atoms with Crippen LogP contribution >= 0.6 is 0 Å². The molecule has 4 N–H and O–H groups in total. The van der Waals surface area contributed by atoms with E-state index >= 15 is 0 Å². The highest BCUT2D eigenvalue weighted by Crippen LogP contribution is 2.13. The lowest BCUT2D eigenvalue weighted by Gasteiger charge is -2.16. The monoisotopic (exact) mass is 263 g/mol. The fourth-order valence-corrected chi connectivity index (χ4v) is 1.64. The van der Waals surface area contributed by atoms with Gasteiger partial charge in [-0.2, -0.15) is 0 Å². The van der Waals surface area contributed by atoms with Crippen molar-refractivity contribution in [2.75, 3.05) is 5.73 Å². The Morgan fingerprint density at radius 3 is 2.32 bits per heavy atom. The molecular weight excluding hydrogens is 242 g/mol. The molecule has 1 rings (SSSR count). The van der Waals surface area contributed by atoms with Gasteiger partial charge in [-0.3, -0.25) is 9.59 Å².